The zero-order valence-corrected chi connectivity index (χ0v) is 17.1. The maximum atomic E-state index is 13.2. The maximum absolute atomic E-state index is 13.2. The molecule has 1 aliphatic rings. The SMILES string of the molecule is C[C@H](Nc1nc(NC[C@@H](O)CO)cc(Nc2cc(C3CC3)[nH]n2)n1)c1ccc(F)cc1. The molecule has 2 atom stereocenters. The van der Waals surface area contributed by atoms with E-state index in [0.717, 1.165) is 11.3 Å². The lowest BCUT2D eigenvalue weighted by Crippen LogP contribution is -2.23. The summed E-state index contributed by atoms with van der Waals surface area (Å²) in [6, 6.07) is 9.72. The standard InChI is InChI=1S/C21H26FN7O2/c1-12(13-4-6-15(22)7-5-13)24-21-26-18(23-10-16(31)11-30)9-19(27-21)25-20-8-17(28-29-20)14-2-3-14/h4-9,12,14,16,30-31H,2-3,10-11H2,1H3,(H4,23,24,25,26,27,28,29)/t12-,16+/m0/s1. The number of benzene rings is 1. The van der Waals surface area contributed by atoms with Gasteiger partial charge in [-0.05, 0) is 37.5 Å². The van der Waals surface area contributed by atoms with Crippen LogP contribution in [0.4, 0.5) is 27.8 Å². The molecule has 3 aromatic rings. The summed E-state index contributed by atoms with van der Waals surface area (Å²) < 4.78 is 13.2. The molecule has 0 radical (unpaired) electrons. The average molecular weight is 427 g/mol. The largest absolute Gasteiger partial charge is 0.394 e. The summed E-state index contributed by atoms with van der Waals surface area (Å²) in [6.07, 6.45) is 1.44. The van der Waals surface area contributed by atoms with Gasteiger partial charge in [-0.2, -0.15) is 15.1 Å². The second-order valence-corrected chi connectivity index (χ2v) is 7.70. The molecule has 6 N–H and O–H groups in total. The fourth-order valence-electron chi connectivity index (χ4n) is 3.12. The number of aliphatic hydroxyl groups is 2. The van der Waals surface area contributed by atoms with Crippen LogP contribution in [-0.4, -0.2) is 49.6 Å². The molecular weight excluding hydrogens is 401 g/mol. The molecule has 1 fully saturated rings. The summed E-state index contributed by atoms with van der Waals surface area (Å²) in [5.41, 5.74) is 1.99. The minimum Gasteiger partial charge on any atom is -0.394 e. The van der Waals surface area contributed by atoms with E-state index in [-0.39, 0.29) is 25.0 Å². The highest BCUT2D eigenvalue weighted by Gasteiger charge is 2.25. The van der Waals surface area contributed by atoms with Crippen molar-refractivity contribution in [1.82, 2.24) is 20.2 Å². The van der Waals surface area contributed by atoms with E-state index in [4.69, 9.17) is 5.11 Å². The summed E-state index contributed by atoms with van der Waals surface area (Å²) in [5.74, 6) is 2.24. The number of nitrogens with one attached hydrogen (secondary N) is 4. The van der Waals surface area contributed by atoms with Crippen LogP contribution in [0.3, 0.4) is 0 Å². The van der Waals surface area contributed by atoms with Crippen LogP contribution in [0.2, 0.25) is 0 Å². The lowest BCUT2D eigenvalue weighted by Gasteiger charge is -2.17. The van der Waals surface area contributed by atoms with Crippen molar-refractivity contribution in [1.29, 1.82) is 0 Å². The van der Waals surface area contributed by atoms with Gasteiger partial charge in [0.25, 0.3) is 0 Å². The van der Waals surface area contributed by atoms with Crippen LogP contribution in [0, 0.1) is 5.82 Å². The number of aliphatic hydroxyl groups excluding tert-OH is 2. The molecule has 10 heteroatoms. The molecule has 2 aromatic heterocycles. The summed E-state index contributed by atoms with van der Waals surface area (Å²) in [7, 11) is 0. The maximum Gasteiger partial charge on any atom is 0.227 e. The van der Waals surface area contributed by atoms with Crippen molar-refractivity contribution in [2.24, 2.45) is 0 Å². The monoisotopic (exact) mass is 427 g/mol. The van der Waals surface area contributed by atoms with E-state index in [1.165, 1.54) is 25.0 Å². The molecule has 1 aromatic carbocycles. The third-order valence-corrected chi connectivity index (χ3v) is 5.04. The van der Waals surface area contributed by atoms with Crippen molar-refractivity contribution < 1.29 is 14.6 Å². The Kier molecular flexibility index (Phi) is 6.28. The number of aromatic nitrogens is 4. The summed E-state index contributed by atoms with van der Waals surface area (Å²) in [6.45, 7) is 1.70. The Balaban J connectivity index is 1.53. The van der Waals surface area contributed by atoms with E-state index >= 15 is 0 Å². The molecule has 164 valence electrons. The van der Waals surface area contributed by atoms with Gasteiger partial charge in [0.05, 0.1) is 18.8 Å². The van der Waals surface area contributed by atoms with Crippen LogP contribution >= 0.6 is 0 Å². The lowest BCUT2D eigenvalue weighted by atomic mass is 10.1. The van der Waals surface area contributed by atoms with Crippen molar-refractivity contribution in [3.05, 3.63) is 53.5 Å². The quantitative estimate of drug-likeness (QED) is 0.291. The van der Waals surface area contributed by atoms with Gasteiger partial charge in [-0.15, -0.1) is 0 Å². The average Bonchev–Trinajstić information content (AvgIpc) is 3.51. The number of H-pyrrole nitrogens is 1. The van der Waals surface area contributed by atoms with Gasteiger partial charge in [0, 0.05) is 30.3 Å². The fourth-order valence-corrected chi connectivity index (χ4v) is 3.12. The molecule has 1 aliphatic carbocycles. The number of rotatable bonds is 10. The molecular formula is C21H26FN7O2. The zero-order chi connectivity index (χ0) is 21.8. The smallest absolute Gasteiger partial charge is 0.227 e. The van der Waals surface area contributed by atoms with Crippen LogP contribution in [0.15, 0.2) is 36.4 Å². The first-order chi connectivity index (χ1) is 15.0. The van der Waals surface area contributed by atoms with Gasteiger partial charge in [-0.3, -0.25) is 5.10 Å². The number of hydrogen-bond donors (Lipinski definition) is 6. The van der Waals surface area contributed by atoms with Crippen LogP contribution in [0.25, 0.3) is 0 Å². The summed E-state index contributed by atoms with van der Waals surface area (Å²) >= 11 is 0. The molecule has 1 saturated carbocycles. The van der Waals surface area contributed by atoms with Crippen LogP contribution in [0.5, 0.6) is 0 Å². The van der Waals surface area contributed by atoms with E-state index < -0.39 is 6.10 Å². The minimum absolute atomic E-state index is 0.133. The first kappa shape index (κ1) is 21.0. The van der Waals surface area contributed by atoms with Gasteiger partial charge in [0.15, 0.2) is 5.82 Å². The van der Waals surface area contributed by atoms with Crippen molar-refractivity contribution in [2.75, 3.05) is 29.1 Å². The third-order valence-electron chi connectivity index (χ3n) is 5.04. The molecule has 0 bridgehead atoms. The summed E-state index contributed by atoms with van der Waals surface area (Å²) in [4.78, 5) is 8.95. The van der Waals surface area contributed by atoms with Crippen molar-refractivity contribution >= 4 is 23.4 Å². The van der Waals surface area contributed by atoms with Gasteiger partial charge >= 0.3 is 0 Å². The molecule has 2 heterocycles. The molecule has 0 saturated heterocycles. The second kappa shape index (κ2) is 9.27. The van der Waals surface area contributed by atoms with Gasteiger partial charge in [-0.1, -0.05) is 12.1 Å². The molecule has 9 nitrogen and oxygen atoms in total. The number of aromatic amines is 1. The topological polar surface area (TPSA) is 131 Å². The first-order valence-electron chi connectivity index (χ1n) is 10.3. The van der Waals surface area contributed by atoms with E-state index in [1.54, 1.807) is 18.2 Å². The highest BCUT2D eigenvalue weighted by Crippen LogP contribution is 2.39. The predicted octanol–water partition coefficient (Wildman–Crippen LogP) is 2.90. The number of anilines is 4. The highest BCUT2D eigenvalue weighted by molar-refractivity contribution is 5.59. The minimum atomic E-state index is -0.909. The van der Waals surface area contributed by atoms with Crippen molar-refractivity contribution in [2.45, 2.75) is 37.8 Å². The molecule has 0 spiro atoms. The van der Waals surface area contributed by atoms with Gasteiger partial charge in [0.1, 0.15) is 17.5 Å². The Hall–Kier alpha value is -3.24. The number of halogens is 1. The molecule has 0 amide bonds. The van der Waals surface area contributed by atoms with Crippen LogP contribution < -0.4 is 16.0 Å². The Bertz CT molecular complexity index is 1010. The zero-order valence-electron chi connectivity index (χ0n) is 17.1. The van der Waals surface area contributed by atoms with E-state index in [0.29, 0.717) is 29.3 Å². The number of hydrogen-bond acceptors (Lipinski definition) is 8. The van der Waals surface area contributed by atoms with Crippen molar-refractivity contribution in [3.63, 3.8) is 0 Å². The van der Waals surface area contributed by atoms with E-state index in [1.807, 2.05) is 13.0 Å². The molecule has 0 aliphatic heterocycles. The first-order valence-corrected chi connectivity index (χ1v) is 10.3. The number of nitrogens with zero attached hydrogens (tertiary/aromatic N) is 3. The normalized spacial score (nSPS) is 15.4. The summed E-state index contributed by atoms with van der Waals surface area (Å²) in [5, 5.41) is 35.4. The van der Waals surface area contributed by atoms with E-state index in [9.17, 15) is 9.50 Å². The van der Waals surface area contributed by atoms with Crippen molar-refractivity contribution in [3.8, 4) is 0 Å². The molecule has 31 heavy (non-hydrogen) atoms. The third kappa shape index (κ3) is 5.68. The molecule has 0 unspecified atom stereocenters. The highest BCUT2D eigenvalue weighted by atomic mass is 19.1. The Labute approximate surface area is 179 Å². The Morgan fingerprint density at radius 3 is 2.58 bits per heavy atom. The van der Waals surface area contributed by atoms with Gasteiger partial charge in [0.2, 0.25) is 5.95 Å². The molecule has 4 rings (SSSR count). The Morgan fingerprint density at radius 1 is 1.13 bits per heavy atom. The van der Waals surface area contributed by atoms with Crippen LogP contribution in [0.1, 0.15) is 43.0 Å². The van der Waals surface area contributed by atoms with Crippen LogP contribution in [-0.2, 0) is 0 Å². The van der Waals surface area contributed by atoms with E-state index in [2.05, 4.69) is 36.1 Å². The Morgan fingerprint density at radius 2 is 1.87 bits per heavy atom. The second-order valence-electron chi connectivity index (χ2n) is 7.70. The predicted molar refractivity (Wildman–Crippen MR) is 116 cm³/mol. The van der Waals surface area contributed by atoms with Gasteiger partial charge in [-0.25, -0.2) is 4.39 Å². The fraction of sp³-hybridized carbons (Fsp3) is 0.381. The lowest BCUT2D eigenvalue weighted by molar-refractivity contribution is 0.105. The van der Waals surface area contributed by atoms with Gasteiger partial charge < -0.3 is 26.2 Å².